The van der Waals surface area contributed by atoms with Crippen LogP contribution in [0.1, 0.15) is 5.56 Å². The van der Waals surface area contributed by atoms with E-state index < -0.39 is 0 Å². The van der Waals surface area contributed by atoms with Gasteiger partial charge >= 0.3 is 0 Å². The summed E-state index contributed by atoms with van der Waals surface area (Å²) in [4.78, 5) is 5.78. The van der Waals surface area contributed by atoms with Gasteiger partial charge in [-0.3, -0.25) is 4.40 Å². The van der Waals surface area contributed by atoms with Crippen LogP contribution in [0.2, 0.25) is 0 Å². The van der Waals surface area contributed by atoms with E-state index in [1.54, 1.807) is 18.4 Å². The van der Waals surface area contributed by atoms with Gasteiger partial charge in [-0.15, -0.1) is 21.6 Å². The first-order chi connectivity index (χ1) is 12.3. The lowest BCUT2D eigenvalue weighted by Gasteiger charge is -2.04. The van der Waals surface area contributed by atoms with Gasteiger partial charge in [0, 0.05) is 6.20 Å². The molecule has 1 aromatic carbocycles. The summed E-state index contributed by atoms with van der Waals surface area (Å²) in [6.45, 7) is 2.02. The van der Waals surface area contributed by atoms with E-state index in [4.69, 9.17) is 9.72 Å². The number of rotatable bonds is 4. The van der Waals surface area contributed by atoms with Crippen LogP contribution in [0.3, 0.4) is 0 Å². The Morgan fingerprint density at radius 3 is 2.80 bits per heavy atom. The zero-order valence-electron chi connectivity index (χ0n) is 13.9. The summed E-state index contributed by atoms with van der Waals surface area (Å²) in [5.74, 6) is 1.41. The first-order valence-corrected chi connectivity index (χ1v) is 8.71. The minimum absolute atomic E-state index is 0.695. The highest BCUT2D eigenvalue weighted by Crippen LogP contribution is 2.36. The van der Waals surface area contributed by atoms with Gasteiger partial charge in [0.2, 0.25) is 0 Å². The van der Waals surface area contributed by atoms with E-state index in [9.17, 15) is 0 Å². The zero-order chi connectivity index (χ0) is 17.2. The number of benzene rings is 1. The summed E-state index contributed by atoms with van der Waals surface area (Å²) in [7, 11) is 1.63. The Kier molecular flexibility index (Phi) is 4.03. The number of thiophene rings is 1. The molecule has 0 unspecified atom stereocenters. The lowest BCUT2D eigenvalue weighted by atomic mass is 10.2. The quantitative estimate of drug-likeness (QED) is 0.438. The highest BCUT2D eigenvalue weighted by molar-refractivity contribution is 7.13. The van der Waals surface area contributed by atoms with Crippen LogP contribution in [0.25, 0.3) is 16.2 Å². The van der Waals surface area contributed by atoms with Crippen LogP contribution >= 0.6 is 11.3 Å². The molecule has 0 aliphatic rings. The summed E-state index contributed by atoms with van der Waals surface area (Å²) in [6, 6.07) is 15.8. The summed E-state index contributed by atoms with van der Waals surface area (Å²) in [5.41, 5.74) is 3.48. The molecule has 0 fully saturated rings. The molecule has 3 aromatic heterocycles. The third-order valence-corrected chi connectivity index (χ3v) is 4.72. The second-order valence-electron chi connectivity index (χ2n) is 5.57. The highest BCUT2D eigenvalue weighted by Gasteiger charge is 2.14. The fourth-order valence-corrected chi connectivity index (χ4v) is 3.35. The maximum atomic E-state index is 5.39. The van der Waals surface area contributed by atoms with Crippen molar-refractivity contribution >= 4 is 28.5 Å². The maximum Gasteiger partial charge on any atom is 0.188 e. The van der Waals surface area contributed by atoms with Crippen molar-refractivity contribution in [1.29, 1.82) is 0 Å². The van der Waals surface area contributed by atoms with Gasteiger partial charge in [0.05, 0.1) is 12.0 Å². The monoisotopic (exact) mass is 348 g/mol. The van der Waals surface area contributed by atoms with Gasteiger partial charge in [-0.2, -0.15) is 0 Å². The van der Waals surface area contributed by atoms with Crippen LogP contribution < -0.4 is 4.74 Å². The second kappa shape index (κ2) is 6.49. The molecule has 5 nitrogen and oxygen atoms in total. The van der Waals surface area contributed by atoms with Crippen LogP contribution in [-0.2, 0) is 0 Å². The molecular formula is C19H16N4OS. The van der Waals surface area contributed by atoms with E-state index in [0.29, 0.717) is 17.3 Å². The third kappa shape index (κ3) is 2.92. The summed E-state index contributed by atoms with van der Waals surface area (Å²) in [6.07, 6.45) is 1.95. The van der Waals surface area contributed by atoms with Crippen LogP contribution in [0, 0.1) is 6.92 Å². The number of hydrogen-bond donors (Lipinski definition) is 0. The molecule has 0 aliphatic carbocycles. The van der Waals surface area contributed by atoms with Crippen molar-refractivity contribution in [3.05, 3.63) is 65.7 Å². The number of methoxy groups -OCH3 is 1. The Labute approximate surface area is 149 Å². The van der Waals surface area contributed by atoms with Gasteiger partial charge in [-0.25, -0.2) is 4.98 Å². The normalized spacial score (nSPS) is 11.4. The number of pyridine rings is 1. The van der Waals surface area contributed by atoms with Gasteiger partial charge < -0.3 is 4.74 Å². The molecular weight excluding hydrogens is 332 g/mol. The molecule has 0 amide bonds. The topological polar surface area (TPSA) is 51.2 Å². The molecule has 25 heavy (non-hydrogen) atoms. The maximum absolute atomic E-state index is 5.39. The molecule has 0 radical (unpaired) electrons. The highest BCUT2D eigenvalue weighted by atomic mass is 32.1. The number of imidazole rings is 1. The average molecular weight is 348 g/mol. The smallest absolute Gasteiger partial charge is 0.188 e. The first-order valence-electron chi connectivity index (χ1n) is 7.83. The molecule has 3 heterocycles. The average Bonchev–Trinajstić information content (AvgIpc) is 3.27. The lowest BCUT2D eigenvalue weighted by Crippen LogP contribution is -1.84. The summed E-state index contributed by atoms with van der Waals surface area (Å²) in [5, 5.41) is 11.0. The Bertz CT molecular complexity index is 1050. The molecule has 0 N–H and O–H groups in total. The van der Waals surface area contributed by atoms with Gasteiger partial charge in [0.15, 0.2) is 5.82 Å². The fourth-order valence-electron chi connectivity index (χ4n) is 2.64. The van der Waals surface area contributed by atoms with Crippen LogP contribution in [0.4, 0.5) is 11.5 Å². The number of hydrogen-bond acceptors (Lipinski definition) is 5. The number of ether oxygens (including phenoxy) is 1. The third-order valence-electron chi connectivity index (χ3n) is 3.85. The predicted octanol–water partition coefficient (Wildman–Crippen LogP) is 5.80. The Morgan fingerprint density at radius 2 is 2.00 bits per heavy atom. The molecule has 6 heteroatoms. The van der Waals surface area contributed by atoms with Gasteiger partial charge in [0.1, 0.15) is 22.8 Å². The standard InChI is InChI=1S/C19H16N4OS/c1-13-8-9-15(24-2)14(12-13)21-22-19-18(16-6-5-11-25-16)20-17-7-3-4-10-23(17)19/h3-12H,1-2H3. The van der Waals surface area contributed by atoms with E-state index in [-0.39, 0.29) is 0 Å². The number of nitrogens with zero attached hydrogens (tertiary/aromatic N) is 4. The van der Waals surface area contributed by atoms with Gasteiger partial charge in [0.25, 0.3) is 0 Å². The lowest BCUT2D eigenvalue weighted by molar-refractivity contribution is 0.415. The van der Waals surface area contributed by atoms with Crippen molar-refractivity contribution in [2.45, 2.75) is 6.92 Å². The van der Waals surface area contributed by atoms with E-state index in [0.717, 1.165) is 21.8 Å². The summed E-state index contributed by atoms with van der Waals surface area (Å²) >= 11 is 1.64. The minimum Gasteiger partial charge on any atom is -0.494 e. The number of aromatic nitrogens is 2. The molecule has 0 spiro atoms. The Hall–Kier alpha value is -2.99. The van der Waals surface area contributed by atoms with E-state index in [2.05, 4.69) is 10.2 Å². The van der Waals surface area contributed by atoms with Crippen molar-refractivity contribution in [2.75, 3.05) is 7.11 Å². The van der Waals surface area contributed by atoms with Gasteiger partial charge in [-0.1, -0.05) is 18.2 Å². The number of azo groups is 1. The molecule has 0 saturated carbocycles. The van der Waals surface area contributed by atoms with Crippen molar-refractivity contribution in [3.63, 3.8) is 0 Å². The summed E-state index contributed by atoms with van der Waals surface area (Å²) < 4.78 is 7.33. The minimum atomic E-state index is 0.695. The Morgan fingerprint density at radius 1 is 1.08 bits per heavy atom. The largest absolute Gasteiger partial charge is 0.494 e. The molecule has 0 bridgehead atoms. The second-order valence-corrected chi connectivity index (χ2v) is 6.51. The van der Waals surface area contributed by atoms with Crippen molar-refractivity contribution in [3.8, 4) is 16.3 Å². The first kappa shape index (κ1) is 15.5. The Balaban J connectivity index is 1.86. The molecule has 0 saturated heterocycles. The molecule has 4 aromatic rings. The van der Waals surface area contributed by atoms with Crippen LogP contribution in [-0.4, -0.2) is 16.5 Å². The molecule has 4 rings (SSSR count). The molecule has 0 atom stereocenters. The number of aryl methyl sites for hydroxylation is 1. The fraction of sp³-hybridized carbons (Fsp3) is 0.105. The van der Waals surface area contributed by atoms with Crippen molar-refractivity contribution in [1.82, 2.24) is 9.38 Å². The van der Waals surface area contributed by atoms with E-state index >= 15 is 0 Å². The van der Waals surface area contributed by atoms with Crippen molar-refractivity contribution in [2.24, 2.45) is 10.2 Å². The van der Waals surface area contributed by atoms with Crippen molar-refractivity contribution < 1.29 is 4.74 Å². The zero-order valence-corrected chi connectivity index (χ0v) is 14.7. The predicted molar refractivity (Wildman–Crippen MR) is 100 cm³/mol. The van der Waals surface area contributed by atoms with Gasteiger partial charge in [-0.05, 0) is 48.2 Å². The van der Waals surface area contributed by atoms with E-state index in [1.807, 2.05) is 71.4 Å². The molecule has 124 valence electrons. The van der Waals surface area contributed by atoms with E-state index in [1.165, 1.54) is 0 Å². The van der Waals surface area contributed by atoms with Crippen LogP contribution in [0.5, 0.6) is 5.75 Å². The number of fused-ring (bicyclic) bond motifs is 1. The molecule has 0 aliphatic heterocycles. The van der Waals surface area contributed by atoms with Crippen LogP contribution in [0.15, 0.2) is 70.3 Å². The SMILES string of the molecule is COc1ccc(C)cc1N=Nc1c(-c2cccs2)nc2ccccn12.